The van der Waals surface area contributed by atoms with Gasteiger partial charge < -0.3 is 20.1 Å². The van der Waals surface area contributed by atoms with Crippen LogP contribution in [-0.4, -0.2) is 33.2 Å². The lowest BCUT2D eigenvalue weighted by molar-refractivity contribution is -0.149. The summed E-state index contributed by atoms with van der Waals surface area (Å²) in [5, 5.41) is 26.7. The molecule has 18 heavy (non-hydrogen) atoms. The molecule has 2 rings (SSSR count). The maximum Gasteiger partial charge on any atom is 0.337 e. The van der Waals surface area contributed by atoms with Crippen molar-refractivity contribution in [1.29, 1.82) is 0 Å². The van der Waals surface area contributed by atoms with Gasteiger partial charge in [0.15, 0.2) is 6.10 Å². The van der Waals surface area contributed by atoms with E-state index in [9.17, 15) is 14.4 Å². The molecule has 94 valence electrons. The van der Waals surface area contributed by atoms with Crippen molar-refractivity contribution in [3.05, 3.63) is 34.4 Å². The second-order valence-electron chi connectivity index (χ2n) is 3.74. The van der Waals surface area contributed by atoms with E-state index in [0.717, 1.165) is 12.1 Å². The molecule has 1 unspecified atom stereocenters. The highest BCUT2D eigenvalue weighted by molar-refractivity contribution is 6.02. The van der Waals surface area contributed by atoms with E-state index in [2.05, 4.69) is 0 Å². The van der Waals surface area contributed by atoms with Gasteiger partial charge in [-0.1, -0.05) is 0 Å². The highest BCUT2D eigenvalue weighted by atomic mass is 16.5. The van der Waals surface area contributed by atoms with E-state index in [-0.39, 0.29) is 17.7 Å². The Labute approximate surface area is 100 Å². The zero-order valence-electron chi connectivity index (χ0n) is 8.91. The van der Waals surface area contributed by atoms with Crippen LogP contribution in [0.1, 0.15) is 37.9 Å². The van der Waals surface area contributed by atoms with Crippen LogP contribution in [-0.2, 0) is 16.1 Å². The molecule has 0 spiro atoms. The van der Waals surface area contributed by atoms with Gasteiger partial charge in [0, 0.05) is 0 Å². The van der Waals surface area contributed by atoms with Crippen molar-refractivity contribution in [2.75, 3.05) is 0 Å². The second-order valence-corrected chi connectivity index (χ2v) is 3.74. The average Bonchev–Trinajstić information content (AvgIpc) is 2.69. The number of fused-ring (bicyclic) bond motifs is 1. The minimum absolute atomic E-state index is 0.0491. The molecule has 1 aliphatic rings. The number of carbonyl (C=O) groups is 3. The molecule has 0 amide bonds. The molecule has 1 atom stereocenters. The zero-order valence-corrected chi connectivity index (χ0v) is 8.91. The molecule has 7 heteroatoms. The maximum atomic E-state index is 11.0. The molecular weight excluding hydrogens is 244 g/mol. The van der Waals surface area contributed by atoms with Crippen molar-refractivity contribution in [2.45, 2.75) is 12.7 Å². The van der Waals surface area contributed by atoms with Crippen molar-refractivity contribution < 1.29 is 34.4 Å². The Kier molecular flexibility index (Phi) is 2.76. The Balaban J connectivity index is 2.62. The highest BCUT2D eigenvalue weighted by Crippen LogP contribution is 2.33. The highest BCUT2D eigenvalue weighted by Gasteiger charge is 2.32. The molecule has 0 bridgehead atoms. The normalized spacial score (nSPS) is 17.2. The van der Waals surface area contributed by atoms with Gasteiger partial charge in [-0.2, -0.15) is 0 Å². The predicted molar refractivity (Wildman–Crippen MR) is 55.5 cm³/mol. The molecule has 0 aromatic heterocycles. The van der Waals surface area contributed by atoms with Gasteiger partial charge in [-0.3, -0.25) is 0 Å². The van der Waals surface area contributed by atoms with Crippen LogP contribution in [0.3, 0.4) is 0 Å². The van der Waals surface area contributed by atoms with Crippen LogP contribution >= 0.6 is 0 Å². The number of carboxylic acid groups (broad SMARTS) is 3. The Morgan fingerprint density at radius 2 is 1.61 bits per heavy atom. The molecule has 1 aromatic rings. The molecule has 1 aliphatic heterocycles. The van der Waals surface area contributed by atoms with E-state index >= 15 is 0 Å². The van der Waals surface area contributed by atoms with Gasteiger partial charge in [0.05, 0.1) is 17.7 Å². The SMILES string of the molecule is O=C(O)c1cc2c(cc1C(=O)O)C(C(=O)O)OC2. The van der Waals surface area contributed by atoms with E-state index in [1.165, 1.54) is 0 Å². The third-order valence-corrected chi connectivity index (χ3v) is 2.65. The largest absolute Gasteiger partial charge is 0.479 e. The van der Waals surface area contributed by atoms with Gasteiger partial charge in [-0.05, 0) is 23.3 Å². The fourth-order valence-corrected chi connectivity index (χ4v) is 1.85. The topological polar surface area (TPSA) is 121 Å². The Morgan fingerprint density at radius 1 is 1.06 bits per heavy atom. The number of carboxylic acids is 3. The lowest BCUT2D eigenvalue weighted by Gasteiger charge is -2.07. The Bertz CT molecular complexity index is 561. The molecular formula is C11H8O7. The van der Waals surface area contributed by atoms with Crippen LogP contribution in [0.15, 0.2) is 12.1 Å². The lowest BCUT2D eigenvalue weighted by Crippen LogP contribution is -2.13. The fraction of sp³-hybridized carbons (Fsp3) is 0.182. The summed E-state index contributed by atoms with van der Waals surface area (Å²) in [6, 6.07) is 2.19. The van der Waals surface area contributed by atoms with E-state index in [0.29, 0.717) is 5.56 Å². The number of rotatable bonds is 3. The van der Waals surface area contributed by atoms with Gasteiger partial charge in [-0.15, -0.1) is 0 Å². The summed E-state index contributed by atoms with van der Waals surface area (Å²) < 4.78 is 4.97. The summed E-state index contributed by atoms with van der Waals surface area (Å²) in [7, 11) is 0. The van der Waals surface area contributed by atoms with Crippen LogP contribution in [0.25, 0.3) is 0 Å². The quantitative estimate of drug-likeness (QED) is 0.725. The van der Waals surface area contributed by atoms with Crippen LogP contribution < -0.4 is 0 Å². The number of aromatic carboxylic acids is 2. The van der Waals surface area contributed by atoms with Crippen LogP contribution in [0.2, 0.25) is 0 Å². The van der Waals surface area contributed by atoms with Gasteiger partial charge in [0.2, 0.25) is 0 Å². The first kappa shape index (κ1) is 12.1. The second kappa shape index (κ2) is 4.11. The summed E-state index contributed by atoms with van der Waals surface area (Å²) in [4.78, 5) is 32.7. The third-order valence-electron chi connectivity index (χ3n) is 2.65. The lowest BCUT2D eigenvalue weighted by atomic mass is 9.97. The minimum Gasteiger partial charge on any atom is -0.479 e. The van der Waals surface area contributed by atoms with Gasteiger partial charge >= 0.3 is 17.9 Å². The van der Waals surface area contributed by atoms with Crippen LogP contribution in [0.4, 0.5) is 0 Å². The summed E-state index contributed by atoms with van der Waals surface area (Å²) in [5.41, 5.74) is -0.261. The van der Waals surface area contributed by atoms with Gasteiger partial charge in [0.1, 0.15) is 0 Å². The fourth-order valence-electron chi connectivity index (χ4n) is 1.85. The summed E-state index contributed by atoms with van der Waals surface area (Å²) in [5.74, 6) is -4.05. The van der Waals surface area contributed by atoms with E-state index in [1.807, 2.05) is 0 Å². The van der Waals surface area contributed by atoms with Crippen LogP contribution in [0.5, 0.6) is 0 Å². The van der Waals surface area contributed by atoms with E-state index in [1.54, 1.807) is 0 Å². The molecule has 0 radical (unpaired) electrons. The van der Waals surface area contributed by atoms with Crippen molar-refractivity contribution in [3.63, 3.8) is 0 Å². The average molecular weight is 252 g/mol. The monoisotopic (exact) mass is 252 g/mol. The summed E-state index contributed by atoms with van der Waals surface area (Å²) in [6.07, 6.45) is -1.25. The first-order valence-electron chi connectivity index (χ1n) is 4.89. The standard InChI is InChI=1S/C11H8O7/c12-9(13)6-1-4-3-18-8(11(16)17)5(4)2-7(6)10(14)15/h1-2,8H,3H2,(H,12,13)(H,14,15)(H,16,17). The number of hydrogen-bond acceptors (Lipinski definition) is 4. The number of benzene rings is 1. The number of aliphatic carboxylic acids is 1. The summed E-state index contributed by atoms with van der Waals surface area (Å²) in [6.45, 7) is -0.0491. The number of hydrogen-bond donors (Lipinski definition) is 3. The third kappa shape index (κ3) is 1.80. The van der Waals surface area contributed by atoms with E-state index in [4.69, 9.17) is 20.1 Å². The molecule has 7 nitrogen and oxygen atoms in total. The van der Waals surface area contributed by atoms with Crippen molar-refractivity contribution in [3.8, 4) is 0 Å². The Morgan fingerprint density at radius 3 is 2.11 bits per heavy atom. The van der Waals surface area contributed by atoms with Gasteiger partial charge in [-0.25, -0.2) is 14.4 Å². The smallest absolute Gasteiger partial charge is 0.337 e. The van der Waals surface area contributed by atoms with Crippen molar-refractivity contribution in [2.24, 2.45) is 0 Å². The van der Waals surface area contributed by atoms with E-state index < -0.39 is 29.6 Å². The minimum atomic E-state index is -1.42. The molecule has 0 saturated carbocycles. The molecule has 0 fully saturated rings. The molecule has 1 aromatic carbocycles. The molecule has 3 N–H and O–H groups in total. The molecule has 0 saturated heterocycles. The zero-order chi connectivity index (χ0) is 13.4. The predicted octanol–water partition coefficient (Wildman–Crippen LogP) is 0.739. The van der Waals surface area contributed by atoms with Crippen molar-refractivity contribution in [1.82, 2.24) is 0 Å². The van der Waals surface area contributed by atoms with Crippen molar-refractivity contribution >= 4 is 17.9 Å². The van der Waals surface area contributed by atoms with Gasteiger partial charge in [0.25, 0.3) is 0 Å². The number of ether oxygens (including phenoxy) is 1. The first-order chi connectivity index (χ1) is 8.41. The maximum absolute atomic E-state index is 11.0. The molecule has 0 aliphatic carbocycles. The first-order valence-corrected chi connectivity index (χ1v) is 4.89. The van der Waals surface area contributed by atoms with Crippen LogP contribution in [0, 0.1) is 0 Å². The Hall–Kier alpha value is -2.41. The summed E-state index contributed by atoms with van der Waals surface area (Å²) >= 11 is 0. The molecule has 1 heterocycles.